The second-order valence-corrected chi connectivity index (χ2v) is 7.31. The van der Waals surface area contributed by atoms with Gasteiger partial charge < -0.3 is 14.2 Å². The quantitative estimate of drug-likeness (QED) is 0.527. The van der Waals surface area contributed by atoms with Crippen molar-refractivity contribution in [2.75, 3.05) is 7.11 Å². The Kier molecular flexibility index (Phi) is 4.35. The molecule has 0 saturated heterocycles. The molecule has 0 bridgehead atoms. The van der Waals surface area contributed by atoms with Crippen molar-refractivity contribution in [2.45, 2.75) is 20.0 Å². The predicted molar refractivity (Wildman–Crippen MR) is 112 cm³/mol. The van der Waals surface area contributed by atoms with Crippen LogP contribution in [0.1, 0.15) is 27.2 Å². The van der Waals surface area contributed by atoms with Gasteiger partial charge in [-0.15, -0.1) is 0 Å². The summed E-state index contributed by atoms with van der Waals surface area (Å²) >= 11 is 0. The summed E-state index contributed by atoms with van der Waals surface area (Å²) in [6.45, 7) is 2.99. The van der Waals surface area contributed by atoms with Crippen molar-refractivity contribution in [1.29, 1.82) is 0 Å². The zero-order chi connectivity index (χ0) is 20.7. The number of methoxy groups -OCH3 is 1. The summed E-state index contributed by atoms with van der Waals surface area (Å²) in [7, 11) is 1.52. The summed E-state index contributed by atoms with van der Waals surface area (Å²) in [6.07, 6.45) is 5.61. The molecular weight excluding hydrogens is 378 g/mol. The Morgan fingerprint density at radius 3 is 2.53 bits per heavy atom. The molecule has 0 N–H and O–H groups in total. The number of nitrogens with zero attached hydrogens (tertiary/aromatic N) is 5. The van der Waals surface area contributed by atoms with Crippen molar-refractivity contribution in [1.82, 2.24) is 24.2 Å². The lowest BCUT2D eigenvalue weighted by Gasteiger charge is -2.18. The molecule has 7 heteroatoms. The summed E-state index contributed by atoms with van der Waals surface area (Å²) in [5.74, 6) is 1.17. The van der Waals surface area contributed by atoms with Crippen LogP contribution in [0, 0.1) is 6.92 Å². The van der Waals surface area contributed by atoms with Gasteiger partial charge in [0.2, 0.25) is 5.88 Å². The van der Waals surface area contributed by atoms with Crippen LogP contribution in [0.3, 0.4) is 0 Å². The molecule has 4 heterocycles. The Morgan fingerprint density at radius 1 is 1.03 bits per heavy atom. The molecule has 0 saturated carbocycles. The highest BCUT2D eigenvalue weighted by molar-refractivity contribution is 5.96. The van der Waals surface area contributed by atoms with Crippen molar-refractivity contribution in [3.05, 3.63) is 89.5 Å². The van der Waals surface area contributed by atoms with Crippen LogP contribution in [0.4, 0.5) is 0 Å². The fourth-order valence-corrected chi connectivity index (χ4v) is 3.84. The molecule has 1 amide bonds. The first kappa shape index (κ1) is 18.2. The van der Waals surface area contributed by atoms with Crippen molar-refractivity contribution >= 4 is 5.91 Å². The van der Waals surface area contributed by atoms with E-state index in [4.69, 9.17) is 9.84 Å². The molecular formula is C23H21N5O2. The number of ether oxygens (including phenoxy) is 1. The predicted octanol–water partition coefficient (Wildman–Crippen LogP) is 3.53. The molecule has 3 aromatic heterocycles. The summed E-state index contributed by atoms with van der Waals surface area (Å²) in [4.78, 5) is 19.1. The highest BCUT2D eigenvalue weighted by atomic mass is 16.5. The third-order valence-electron chi connectivity index (χ3n) is 5.34. The number of amides is 1. The van der Waals surface area contributed by atoms with Gasteiger partial charge in [0, 0.05) is 24.2 Å². The standard InChI is InChI=1S/C23H21N5O2/c1-16-7-9-17(10-8-16)28-22(26-12-3-4-13-26)19-14-27(15-20(19)25-28)23(29)18-6-5-11-24-21(18)30-2/h3-13H,14-15H2,1-2H3. The molecule has 30 heavy (non-hydrogen) atoms. The number of carbonyl (C=O) groups is 1. The maximum absolute atomic E-state index is 13.1. The van der Waals surface area contributed by atoms with Gasteiger partial charge in [0.1, 0.15) is 11.4 Å². The average molecular weight is 399 g/mol. The molecule has 7 nitrogen and oxygen atoms in total. The molecule has 0 unspecified atom stereocenters. The van der Waals surface area contributed by atoms with E-state index in [1.54, 1.807) is 23.2 Å². The van der Waals surface area contributed by atoms with Gasteiger partial charge in [-0.1, -0.05) is 17.7 Å². The lowest BCUT2D eigenvalue weighted by Crippen LogP contribution is -2.27. The van der Waals surface area contributed by atoms with Crippen LogP contribution in [-0.2, 0) is 13.1 Å². The van der Waals surface area contributed by atoms with Gasteiger partial charge in [0.05, 0.1) is 31.6 Å². The fourth-order valence-electron chi connectivity index (χ4n) is 3.84. The Hall–Kier alpha value is -3.87. The lowest BCUT2D eigenvalue weighted by atomic mass is 10.2. The molecule has 1 aliphatic rings. The van der Waals surface area contributed by atoms with Crippen molar-refractivity contribution in [2.24, 2.45) is 0 Å². The second kappa shape index (κ2) is 7.18. The van der Waals surface area contributed by atoms with Gasteiger partial charge in [-0.3, -0.25) is 4.79 Å². The zero-order valence-electron chi connectivity index (χ0n) is 16.8. The maximum Gasteiger partial charge on any atom is 0.260 e. The first-order chi connectivity index (χ1) is 14.7. The third kappa shape index (κ3) is 2.95. The van der Waals surface area contributed by atoms with Crippen LogP contribution in [0.2, 0.25) is 0 Å². The van der Waals surface area contributed by atoms with E-state index in [1.807, 2.05) is 33.8 Å². The van der Waals surface area contributed by atoms with Crippen molar-refractivity contribution in [3.63, 3.8) is 0 Å². The van der Waals surface area contributed by atoms with Crippen molar-refractivity contribution < 1.29 is 9.53 Å². The van der Waals surface area contributed by atoms with Crippen molar-refractivity contribution in [3.8, 4) is 17.4 Å². The Balaban J connectivity index is 1.54. The number of rotatable bonds is 4. The van der Waals surface area contributed by atoms with E-state index >= 15 is 0 Å². The lowest BCUT2D eigenvalue weighted by molar-refractivity contribution is 0.0745. The first-order valence-electron chi connectivity index (χ1n) is 9.75. The summed E-state index contributed by atoms with van der Waals surface area (Å²) < 4.78 is 9.27. The number of pyridine rings is 1. The fraction of sp³-hybridized carbons (Fsp3) is 0.174. The van der Waals surface area contributed by atoms with E-state index in [0.29, 0.717) is 24.5 Å². The van der Waals surface area contributed by atoms with Crippen LogP contribution in [-0.4, -0.2) is 37.2 Å². The number of carbonyl (C=O) groups excluding carboxylic acids is 1. The van der Waals surface area contributed by atoms with Gasteiger partial charge in [-0.2, -0.15) is 5.10 Å². The zero-order valence-corrected chi connectivity index (χ0v) is 16.8. The topological polar surface area (TPSA) is 65.2 Å². The number of fused-ring (bicyclic) bond motifs is 1. The highest BCUT2D eigenvalue weighted by Crippen LogP contribution is 2.32. The minimum absolute atomic E-state index is 0.113. The molecule has 0 fully saturated rings. The van der Waals surface area contributed by atoms with E-state index in [1.165, 1.54) is 12.7 Å². The first-order valence-corrected chi connectivity index (χ1v) is 9.75. The molecule has 0 atom stereocenters. The van der Waals surface area contributed by atoms with Gasteiger partial charge >= 0.3 is 0 Å². The average Bonchev–Trinajstić information content (AvgIpc) is 3.50. The maximum atomic E-state index is 13.1. The Labute approximate surface area is 174 Å². The van der Waals surface area contributed by atoms with E-state index < -0.39 is 0 Å². The van der Waals surface area contributed by atoms with Gasteiger partial charge in [-0.25, -0.2) is 9.67 Å². The summed E-state index contributed by atoms with van der Waals surface area (Å²) in [5.41, 5.74) is 4.59. The molecule has 0 radical (unpaired) electrons. The summed E-state index contributed by atoms with van der Waals surface area (Å²) in [6, 6.07) is 15.7. The Morgan fingerprint density at radius 2 is 1.80 bits per heavy atom. The monoisotopic (exact) mass is 399 g/mol. The highest BCUT2D eigenvalue weighted by Gasteiger charge is 2.33. The van der Waals surface area contributed by atoms with Gasteiger partial charge in [0.25, 0.3) is 5.91 Å². The molecule has 0 spiro atoms. The minimum atomic E-state index is -0.113. The number of aromatic nitrogens is 4. The Bertz CT molecular complexity index is 1210. The number of hydrogen-bond donors (Lipinski definition) is 0. The molecule has 150 valence electrons. The van der Waals surface area contributed by atoms with Crippen LogP contribution >= 0.6 is 0 Å². The molecule has 1 aromatic carbocycles. The van der Waals surface area contributed by atoms with E-state index in [9.17, 15) is 4.79 Å². The number of aryl methyl sites for hydroxylation is 1. The van der Waals surface area contributed by atoms with Gasteiger partial charge in [-0.05, 0) is 43.3 Å². The van der Waals surface area contributed by atoms with Crippen LogP contribution in [0.15, 0.2) is 67.1 Å². The largest absolute Gasteiger partial charge is 0.480 e. The summed E-state index contributed by atoms with van der Waals surface area (Å²) in [5, 5.41) is 4.87. The molecule has 5 rings (SSSR count). The van der Waals surface area contributed by atoms with E-state index in [0.717, 1.165) is 22.8 Å². The molecule has 0 aliphatic carbocycles. The van der Waals surface area contributed by atoms with Crippen LogP contribution < -0.4 is 4.74 Å². The third-order valence-corrected chi connectivity index (χ3v) is 5.34. The van der Waals surface area contributed by atoms with E-state index in [-0.39, 0.29) is 5.91 Å². The van der Waals surface area contributed by atoms with E-state index in [2.05, 4.69) is 36.2 Å². The molecule has 4 aromatic rings. The normalized spacial score (nSPS) is 12.8. The molecule has 1 aliphatic heterocycles. The van der Waals surface area contributed by atoms with Crippen LogP contribution in [0.5, 0.6) is 5.88 Å². The second-order valence-electron chi connectivity index (χ2n) is 7.31. The van der Waals surface area contributed by atoms with Crippen LogP contribution in [0.25, 0.3) is 11.5 Å². The minimum Gasteiger partial charge on any atom is -0.480 e. The smallest absolute Gasteiger partial charge is 0.260 e. The SMILES string of the molecule is COc1ncccc1C(=O)N1Cc2nn(-c3ccc(C)cc3)c(-n3cccc3)c2C1. The number of hydrogen-bond acceptors (Lipinski definition) is 4. The number of benzene rings is 1. The van der Waals surface area contributed by atoms with Gasteiger partial charge in [0.15, 0.2) is 0 Å².